The Balaban J connectivity index is 2.12. The van der Waals surface area contributed by atoms with Crippen LogP contribution in [0, 0.1) is 0 Å². The quantitative estimate of drug-likeness (QED) is 0.811. The summed E-state index contributed by atoms with van der Waals surface area (Å²) in [7, 11) is 1.45. The summed E-state index contributed by atoms with van der Waals surface area (Å²) in [4.78, 5) is 24.2. The molecule has 116 valence electrons. The van der Waals surface area contributed by atoms with Crippen molar-refractivity contribution in [3.8, 4) is 11.5 Å². The number of nitrogens with one attached hydrogen (secondary N) is 1. The summed E-state index contributed by atoms with van der Waals surface area (Å²) in [5.74, 6) is -0.682. The Morgan fingerprint density at radius 2 is 2.09 bits per heavy atom. The van der Waals surface area contributed by atoms with Gasteiger partial charge in [0.1, 0.15) is 5.60 Å². The second kappa shape index (κ2) is 4.76. The fraction of sp³-hybridized carbons (Fsp3) is 0.375. The van der Waals surface area contributed by atoms with Crippen LogP contribution in [0.4, 0.5) is 0 Å². The smallest absolute Gasteiger partial charge is 0.337 e. The van der Waals surface area contributed by atoms with E-state index in [4.69, 9.17) is 9.47 Å². The average molecular weight is 303 g/mol. The maximum absolute atomic E-state index is 12.2. The molecule has 1 amide bonds. The van der Waals surface area contributed by atoms with Crippen molar-refractivity contribution in [2.24, 2.45) is 0 Å². The Bertz CT molecular complexity index is 704. The van der Waals surface area contributed by atoms with E-state index in [1.54, 1.807) is 26.0 Å². The van der Waals surface area contributed by atoms with E-state index < -0.39 is 17.5 Å². The van der Waals surface area contributed by atoms with Crippen LogP contribution in [0.15, 0.2) is 29.5 Å². The normalized spacial score (nSPS) is 23.0. The van der Waals surface area contributed by atoms with Crippen molar-refractivity contribution in [1.29, 1.82) is 0 Å². The van der Waals surface area contributed by atoms with Gasteiger partial charge in [-0.3, -0.25) is 4.79 Å². The van der Waals surface area contributed by atoms with Gasteiger partial charge in [-0.05, 0) is 31.5 Å². The molecule has 1 aromatic carbocycles. The van der Waals surface area contributed by atoms with E-state index in [1.807, 2.05) is 0 Å². The van der Waals surface area contributed by atoms with E-state index >= 15 is 0 Å². The maximum atomic E-state index is 12.2. The monoisotopic (exact) mass is 303 g/mol. The molecule has 1 atom stereocenters. The van der Waals surface area contributed by atoms with E-state index in [0.29, 0.717) is 17.0 Å². The first-order valence-electron chi connectivity index (χ1n) is 6.98. The van der Waals surface area contributed by atoms with Crippen molar-refractivity contribution in [2.75, 3.05) is 7.11 Å². The number of amides is 1. The molecule has 2 aliphatic rings. The molecule has 2 heterocycles. The highest BCUT2D eigenvalue weighted by Gasteiger charge is 2.47. The van der Waals surface area contributed by atoms with E-state index in [2.05, 4.69) is 5.32 Å². The molecule has 22 heavy (non-hydrogen) atoms. The summed E-state index contributed by atoms with van der Waals surface area (Å²) in [6.45, 7) is 3.49. The van der Waals surface area contributed by atoms with Crippen molar-refractivity contribution in [1.82, 2.24) is 5.32 Å². The van der Waals surface area contributed by atoms with Gasteiger partial charge in [0, 0.05) is 12.3 Å². The molecule has 0 fully saturated rings. The fourth-order valence-corrected chi connectivity index (χ4v) is 2.97. The van der Waals surface area contributed by atoms with E-state index in [-0.39, 0.29) is 18.1 Å². The van der Waals surface area contributed by atoms with E-state index in [0.717, 1.165) is 5.56 Å². The first-order chi connectivity index (χ1) is 10.3. The van der Waals surface area contributed by atoms with Crippen LogP contribution < -0.4 is 10.1 Å². The number of ether oxygens (including phenoxy) is 2. The average Bonchev–Trinajstić information content (AvgIpc) is 2.68. The Kier molecular flexibility index (Phi) is 3.12. The third-order valence-electron chi connectivity index (χ3n) is 4.05. The SMILES string of the molecule is COc1cc(C2CC(=O)NC3=C2C(=O)OC3(C)C)ccc1O. The van der Waals surface area contributed by atoms with Crippen LogP contribution in [-0.2, 0) is 14.3 Å². The zero-order valence-electron chi connectivity index (χ0n) is 12.6. The molecule has 0 saturated heterocycles. The fourth-order valence-electron chi connectivity index (χ4n) is 2.97. The summed E-state index contributed by atoms with van der Waals surface area (Å²) in [6.07, 6.45) is 0.151. The first kappa shape index (κ1) is 14.4. The number of hydrogen-bond acceptors (Lipinski definition) is 5. The Morgan fingerprint density at radius 3 is 2.77 bits per heavy atom. The lowest BCUT2D eigenvalue weighted by atomic mass is 9.83. The zero-order chi connectivity index (χ0) is 16.1. The predicted molar refractivity (Wildman–Crippen MR) is 77.4 cm³/mol. The Morgan fingerprint density at radius 1 is 1.36 bits per heavy atom. The molecule has 2 N–H and O–H groups in total. The van der Waals surface area contributed by atoms with Crippen molar-refractivity contribution >= 4 is 11.9 Å². The highest BCUT2D eigenvalue weighted by molar-refractivity contribution is 5.99. The molecule has 1 unspecified atom stereocenters. The second-order valence-corrected chi connectivity index (χ2v) is 5.92. The van der Waals surface area contributed by atoms with Crippen molar-refractivity contribution < 1.29 is 24.2 Å². The third-order valence-corrected chi connectivity index (χ3v) is 4.05. The Labute approximate surface area is 127 Å². The molecule has 0 bridgehead atoms. The zero-order valence-corrected chi connectivity index (χ0v) is 12.6. The minimum absolute atomic E-state index is 0.00930. The first-order valence-corrected chi connectivity index (χ1v) is 6.98. The molecule has 0 aliphatic carbocycles. The van der Waals surface area contributed by atoms with Crippen LogP contribution in [0.3, 0.4) is 0 Å². The summed E-state index contributed by atoms with van der Waals surface area (Å²) < 4.78 is 10.5. The lowest BCUT2D eigenvalue weighted by Crippen LogP contribution is -2.38. The molecular weight excluding hydrogens is 286 g/mol. The van der Waals surface area contributed by atoms with Crippen LogP contribution in [0.25, 0.3) is 0 Å². The van der Waals surface area contributed by atoms with Gasteiger partial charge in [0.2, 0.25) is 5.91 Å². The molecule has 2 aliphatic heterocycles. The number of carbonyl (C=O) groups excluding carboxylic acids is 2. The summed E-state index contributed by atoms with van der Waals surface area (Å²) >= 11 is 0. The molecule has 6 nitrogen and oxygen atoms in total. The van der Waals surface area contributed by atoms with Crippen molar-refractivity contribution in [2.45, 2.75) is 31.8 Å². The molecule has 0 radical (unpaired) electrons. The lowest BCUT2D eigenvalue weighted by molar-refractivity contribution is -0.144. The Hall–Kier alpha value is -2.50. The summed E-state index contributed by atoms with van der Waals surface area (Å²) in [5.41, 5.74) is 0.872. The largest absolute Gasteiger partial charge is 0.504 e. The lowest BCUT2D eigenvalue weighted by Gasteiger charge is -2.27. The standard InChI is InChI=1S/C16H17NO5/c1-16(2)14-13(15(20)22-16)9(7-12(19)17-14)8-4-5-10(18)11(6-8)21-3/h4-6,9,18H,7H2,1-3H3,(H,17,19). The number of phenolic OH excluding ortho intramolecular Hbond substituents is 1. The van der Waals surface area contributed by atoms with Gasteiger partial charge in [-0.2, -0.15) is 0 Å². The molecule has 0 aromatic heterocycles. The van der Waals surface area contributed by atoms with Crippen LogP contribution in [-0.4, -0.2) is 29.7 Å². The van der Waals surface area contributed by atoms with Crippen LogP contribution in [0.5, 0.6) is 11.5 Å². The van der Waals surface area contributed by atoms with Gasteiger partial charge >= 0.3 is 5.97 Å². The van der Waals surface area contributed by atoms with Crippen molar-refractivity contribution in [3.63, 3.8) is 0 Å². The van der Waals surface area contributed by atoms with E-state index in [1.165, 1.54) is 13.2 Å². The topological polar surface area (TPSA) is 84.9 Å². The highest BCUT2D eigenvalue weighted by atomic mass is 16.6. The van der Waals surface area contributed by atoms with Gasteiger partial charge in [-0.1, -0.05) is 6.07 Å². The number of esters is 1. The van der Waals surface area contributed by atoms with Crippen LogP contribution >= 0.6 is 0 Å². The number of benzene rings is 1. The summed E-state index contributed by atoms with van der Waals surface area (Å²) in [6, 6.07) is 4.82. The molecule has 6 heteroatoms. The second-order valence-electron chi connectivity index (χ2n) is 5.92. The molecule has 0 saturated carbocycles. The minimum Gasteiger partial charge on any atom is -0.504 e. The number of methoxy groups -OCH3 is 1. The number of aromatic hydroxyl groups is 1. The van der Waals surface area contributed by atoms with Gasteiger partial charge < -0.3 is 19.9 Å². The van der Waals surface area contributed by atoms with Crippen LogP contribution in [0.2, 0.25) is 0 Å². The molecule has 0 spiro atoms. The highest BCUT2D eigenvalue weighted by Crippen LogP contribution is 2.43. The van der Waals surface area contributed by atoms with E-state index in [9.17, 15) is 14.7 Å². The maximum Gasteiger partial charge on any atom is 0.337 e. The third kappa shape index (κ3) is 2.11. The van der Waals surface area contributed by atoms with Crippen LogP contribution in [0.1, 0.15) is 31.7 Å². The minimum atomic E-state index is -0.845. The van der Waals surface area contributed by atoms with Gasteiger partial charge in [-0.15, -0.1) is 0 Å². The van der Waals surface area contributed by atoms with Gasteiger partial charge in [0.15, 0.2) is 11.5 Å². The predicted octanol–water partition coefficient (Wildman–Crippen LogP) is 1.59. The summed E-state index contributed by atoms with van der Waals surface area (Å²) in [5, 5.41) is 12.5. The molecular formula is C16H17NO5. The molecule has 3 rings (SSSR count). The number of cyclic esters (lactones) is 1. The number of carbonyl (C=O) groups is 2. The molecule has 1 aromatic rings. The van der Waals surface area contributed by atoms with Crippen molar-refractivity contribution in [3.05, 3.63) is 35.0 Å². The number of phenols is 1. The number of hydrogen-bond donors (Lipinski definition) is 2. The number of rotatable bonds is 2. The van der Waals surface area contributed by atoms with Gasteiger partial charge in [0.25, 0.3) is 0 Å². The van der Waals surface area contributed by atoms with Gasteiger partial charge in [0.05, 0.1) is 18.4 Å². The van der Waals surface area contributed by atoms with Gasteiger partial charge in [-0.25, -0.2) is 4.79 Å².